The molecule has 0 heterocycles. The Morgan fingerprint density at radius 3 is 2.50 bits per heavy atom. The van der Waals surface area contributed by atoms with Gasteiger partial charge in [-0.25, -0.2) is 10.2 Å². The number of carbonyl (C=O) groups excluding carboxylic acids is 2. The Hall–Kier alpha value is -3.84. The van der Waals surface area contributed by atoms with Gasteiger partial charge in [0, 0.05) is 10.6 Å². The van der Waals surface area contributed by atoms with Crippen molar-refractivity contribution in [3.63, 3.8) is 0 Å². The summed E-state index contributed by atoms with van der Waals surface area (Å²) in [5.41, 5.74) is 3.89. The van der Waals surface area contributed by atoms with Crippen LogP contribution in [0.5, 0.6) is 17.2 Å². The number of benzene rings is 3. The van der Waals surface area contributed by atoms with E-state index in [1.165, 1.54) is 13.3 Å². The lowest BCUT2D eigenvalue weighted by molar-refractivity contribution is 0.0728. The Balaban J connectivity index is 1.69. The van der Waals surface area contributed by atoms with E-state index >= 15 is 0 Å². The summed E-state index contributed by atoms with van der Waals surface area (Å²) in [6, 6.07) is 18.1. The van der Waals surface area contributed by atoms with Crippen LogP contribution in [0.25, 0.3) is 0 Å². The van der Waals surface area contributed by atoms with E-state index in [0.717, 1.165) is 0 Å². The summed E-state index contributed by atoms with van der Waals surface area (Å²) in [7, 11) is 1.53. The van der Waals surface area contributed by atoms with Crippen LogP contribution in [0.4, 0.5) is 0 Å². The molecule has 0 aliphatic heterocycles. The molecule has 7 nitrogen and oxygen atoms in total. The minimum atomic E-state index is -0.533. The van der Waals surface area contributed by atoms with Crippen LogP contribution >= 0.6 is 11.6 Å². The van der Waals surface area contributed by atoms with Gasteiger partial charge < -0.3 is 14.2 Å². The van der Waals surface area contributed by atoms with E-state index in [9.17, 15) is 9.59 Å². The number of rotatable bonds is 8. The average molecular weight is 453 g/mol. The van der Waals surface area contributed by atoms with E-state index in [0.29, 0.717) is 39.8 Å². The van der Waals surface area contributed by atoms with Gasteiger partial charge >= 0.3 is 5.97 Å². The molecule has 0 saturated heterocycles. The highest BCUT2D eigenvalue weighted by atomic mass is 35.5. The highest BCUT2D eigenvalue weighted by Crippen LogP contribution is 2.29. The van der Waals surface area contributed by atoms with Crippen molar-refractivity contribution in [1.29, 1.82) is 0 Å². The van der Waals surface area contributed by atoms with Gasteiger partial charge in [-0.2, -0.15) is 5.10 Å². The van der Waals surface area contributed by atoms with E-state index in [2.05, 4.69) is 10.5 Å². The Bertz CT molecular complexity index is 1130. The maximum Gasteiger partial charge on any atom is 0.343 e. The fraction of sp³-hybridized carbons (Fsp3) is 0.125. The van der Waals surface area contributed by atoms with E-state index in [1.54, 1.807) is 66.7 Å². The van der Waals surface area contributed by atoms with Crippen molar-refractivity contribution in [1.82, 2.24) is 5.43 Å². The predicted octanol–water partition coefficient (Wildman–Crippen LogP) is 4.73. The molecule has 0 aliphatic rings. The molecule has 3 rings (SSSR count). The normalized spacial score (nSPS) is 10.6. The second-order valence-corrected chi connectivity index (χ2v) is 6.90. The molecular weight excluding hydrogens is 432 g/mol. The van der Waals surface area contributed by atoms with Gasteiger partial charge in [-0.3, -0.25) is 4.79 Å². The van der Waals surface area contributed by atoms with Crippen molar-refractivity contribution in [3.8, 4) is 17.2 Å². The van der Waals surface area contributed by atoms with E-state index < -0.39 is 5.97 Å². The minimum absolute atomic E-state index is 0.268. The first-order valence-electron chi connectivity index (χ1n) is 9.72. The van der Waals surface area contributed by atoms with Crippen LogP contribution in [-0.4, -0.2) is 31.8 Å². The van der Waals surface area contributed by atoms with E-state index in [1.807, 2.05) is 6.92 Å². The average Bonchev–Trinajstić information content (AvgIpc) is 2.81. The summed E-state index contributed by atoms with van der Waals surface area (Å²) in [4.78, 5) is 24.6. The third-order valence-corrected chi connectivity index (χ3v) is 4.51. The topological polar surface area (TPSA) is 86.2 Å². The van der Waals surface area contributed by atoms with Crippen molar-refractivity contribution in [3.05, 3.63) is 88.4 Å². The Morgan fingerprint density at radius 1 is 1.00 bits per heavy atom. The molecule has 32 heavy (non-hydrogen) atoms. The van der Waals surface area contributed by atoms with E-state index in [-0.39, 0.29) is 11.7 Å². The first-order valence-corrected chi connectivity index (χ1v) is 10.1. The van der Waals surface area contributed by atoms with Crippen LogP contribution in [0, 0.1) is 0 Å². The summed E-state index contributed by atoms with van der Waals surface area (Å²) in [6.45, 7) is 2.19. The van der Waals surface area contributed by atoms with Crippen LogP contribution < -0.4 is 19.6 Å². The Morgan fingerprint density at radius 2 is 1.78 bits per heavy atom. The lowest BCUT2D eigenvalue weighted by atomic mass is 10.2. The third-order valence-electron chi connectivity index (χ3n) is 4.26. The predicted molar refractivity (Wildman–Crippen MR) is 122 cm³/mol. The molecule has 0 fully saturated rings. The molecule has 8 heteroatoms. The monoisotopic (exact) mass is 452 g/mol. The number of halogens is 1. The summed E-state index contributed by atoms with van der Waals surface area (Å²) >= 11 is 5.85. The van der Waals surface area contributed by atoms with Gasteiger partial charge in [-0.05, 0) is 73.2 Å². The zero-order valence-corrected chi connectivity index (χ0v) is 18.3. The van der Waals surface area contributed by atoms with Gasteiger partial charge in [-0.1, -0.05) is 17.7 Å². The van der Waals surface area contributed by atoms with Crippen LogP contribution in [-0.2, 0) is 0 Å². The van der Waals surface area contributed by atoms with Gasteiger partial charge in [0.15, 0.2) is 11.5 Å². The number of carbonyl (C=O) groups is 2. The Labute approximate surface area is 190 Å². The van der Waals surface area contributed by atoms with Crippen LogP contribution in [0.3, 0.4) is 0 Å². The molecule has 3 aromatic rings. The molecule has 1 N–H and O–H groups in total. The number of hydrogen-bond donors (Lipinski definition) is 1. The number of nitrogens with zero attached hydrogens (tertiary/aromatic N) is 1. The molecule has 1 amide bonds. The molecule has 3 aromatic carbocycles. The number of hydrazone groups is 1. The second-order valence-electron chi connectivity index (χ2n) is 6.47. The smallest absolute Gasteiger partial charge is 0.343 e. The highest BCUT2D eigenvalue weighted by molar-refractivity contribution is 6.30. The van der Waals surface area contributed by atoms with Crippen molar-refractivity contribution in [2.75, 3.05) is 13.7 Å². The molecule has 0 aliphatic carbocycles. The number of amides is 1. The molecule has 0 atom stereocenters. The SMILES string of the molecule is CCOc1cc(/C=N\NC(=O)c2cccc(OC)c2)ccc1OC(=O)c1ccc(Cl)cc1. The van der Waals surface area contributed by atoms with Gasteiger partial charge in [0.25, 0.3) is 5.91 Å². The number of ether oxygens (including phenoxy) is 3. The van der Waals surface area contributed by atoms with Crippen LogP contribution in [0.2, 0.25) is 5.02 Å². The second kappa shape index (κ2) is 11.0. The van der Waals surface area contributed by atoms with Crippen LogP contribution in [0.1, 0.15) is 33.2 Å². The van der Waals surface area contributed by atoms with Crippen molar-refractivity contribution in [2.45, 2.75) is 6.92 Å². The number of hydrogen-bond acceptors (Lipinski definition) is 6. The maximum atomic E-state index is 12.4. The summed E-state index contributed by atoms with van der Waals surface area (Å²) in [6.07, 6.45) is 1.46. The molecule has 0 spiro atoms. The molecule has 0 bridgehead atoms. The fourth-order valence-corrected chi connectivity index (χ4v) is 2.82. The van der Waals surface area contributed by atoms with Gasteiger partial charge in [0.05, 0.1) is 25.5 Å². The van der Waals surface area contributed by atoms with Gasteiger partial charge in [0.2, 0.25) is 0 Å². The number of nitrogens with one attached hydrogen (secondary N) is 1. The van der Waals surface area contributed by atoms with Crippen LogP contribution in [0.15, 0.2) is 71.8 Å². The molecule has 0 radical (unpaired) electrons. The van der Waals surface area contributed by atoms with E-state index in [4.69, 9.17) is 25.8 Å². The largest absolute Gasteiger partial charge is 0.497 e. The maximum absolute atomic E-state index is 12.4. The molecule has 0 saturated carbocycles. The molecule has 0 aromatic heterocycles. The van der Waals surface area contributed by atoms with Crippen molar-refractivity contribution >= 4 is 29.7 Å². The zero-order valence-electron chi connectivity index (χ0n) is 17.5. The van der Waals surface area contributed by atoms with Gasteiger partial charge in [0.1, 0.15) is 5.75 Å². The lowest BCUT2D eigenvalue weighted by Gasteiger charge is -2.11. The molecular formula is C24H21ClN2O5. The Kier molecular flexibility index (Phi) is 7.83. The van der Waals surface area contributed by atoms with Crippen molar-refractivity contribution in [2.24, 2.45) is 5.10 Å². The number of esters is 1. The third kappa shape index (κ3) is 6.09. The molecule has 164 valence electrons. The summed E-state index contributed by atoms with van der Waals surface area (Å²) in [5, 5.41) is 4.51. The molecule has 0 unspecified atom stereocenters. The number of methoxy groups -OCH3 is 1. The highest BCUT2D eigenvalue weighted by Gasteiger charge is 2.13. The summed E-state index contributed by atoms with van der Waals surface area (Å²) in [5.74, 6) is 0.308. The quantitative estimate of drug-likeness (QED) is 0.231. The summed E-state index contributed by atoms with van der Waals surface area (Å²) < 4.78 is 16.2. The minimum Gasteiger partial charge on any atom is -0.497 e. The van der Waals surface area contributed by atoms with Crippen molar-refractivity contribution < 1.29 is 23.8 Å². The first-order chi connectivity index (χ1) is 15.5. The standard InChI is InChI=1S/C24H21ClN2O5/c1-3-31-22-13-16(15-26-27-23(28)18-5-4-6-20(14-18)30-2)7-12-21(22)32-24(29)17-8-10-19(25)11-9-17/h4-15H,3H2,1-2H3,(H,27,28)/b26-15-. The lowest BCUT2D eigenvalue weighted by Crippen LogP contribution is -2.17. The van der Waals surface area contributed by atoms with Gasteiger partial charge in [-0.15, -0.1) is 0 Å². The fourth-order valence-electron chi connectivity index (χ4n) is 2.70. The zero-order chi connectivity index (χ0) is 22.9. The first kappa shape index (κ1) is 22.8.